The lowest BCUT2D eigenvalue weighted by Gasteiger charge is -2.33. The average Bonchev–Trinajstić information content (AvgIpc) is 3.24. The number of hydrogen-bond acceptors (Lipinski definition) is 5. The van der Waals surface area contributed by atoms with E-state index in [1.165, 1.54) is 4.90 Å². The summed E-state index contributed by atoms with van der Waals surface area (Å²) in [5.41, 5.74) is 0.342. The van der Waals surface area contributed by atoms with Crippen LogP contribution in [0.3, 0.4) is 0 Å². The van der Waals surface area contributed by atoms with Crippen molar-refractivity contribution < 1.29 is 19.1 Å². The molecule has 2 heterocycles. The zero-order valence-electron chi connectivity index (χ0n) is 17.5. The molecule has 2 saturated heterocycles. The number of hydrogen-bond donors (Lipinski definition) is 1. The molecule has 0 bridgehead atoms. The molecule has 0 spiro atoms. The van der Waals surface area contributed by atoms with Crippen molar-refractivity contribution >= 4 is 29.4 Å². The van der Waals surface area contributed by atoms with Gasteiger partial charge in [0, 0.05) is 24.0 Å². The van der Waals surface area contributed by atoms with E-state index >= 15 is 0 Å². The Balaban J connectivity index is 1.86. The van der Waals surface area contributed by atoms with Gasteiger partial charge >= 0.3 is 5.97 Å². The van der Waals surface area contributed by atoms with Gasteiger partial charge in [0.2, 0.25) is 11.8 Å². The number of halogens is 1. The second-order valence-electron chi connectivity index (χ2n) is 7.95. The third kappa shape index (κ3) is 3.54. The normalized spacial score (nSPS) is 27.5. The predicted octanol–water partition coefficient (Wildman–Crippen LogP) is 3.15. The Bertz CT molecular complexity index is 994. The number of ether oxygens (including phenoxy) is 1. The molecular weight excluding hydrogens is 416 g/mol. The third-order valence-electron chi connectivity index (χ3n) is 6.26. The van der Waals surface area contributed by atoms with Gasteiger partial charge in [0.1, 0.15) is 5.54 Å². The van der Waals surface area contributed by atoms with Gasteiger partial charge in [-0.25, -0.2) is 0 Å². The number of amides is 2. The van der Waals surface area contributed by atoms with Crippen LogP contribution in [0.5, 0.6) is 0 Å². The number of fused-ring (bicyclic) bond motifs is 1. The van der Waals surface area contributed by atoms with Crippen LogP contribution in [-0.4, -0.2) is 41.4 Å². The number of carbonyl (C=O) groups excluding carboxylic acids is 3. The first-order valence-electron chi connectivity index (χ1n) is 10.5. The highest BCUT2D eigenvalue weighted by atomic mass is 35.5. The maximum absolute atomic E-state index is 13.4. The number of benzene rings is 2. The number of imide groups is 1. The number of carbonyl (C=O) groups is 3. The Morgan fingerprint density at radius 2 is 1.74 bits per heavy atom. The number of likely N-dealkylation sites (tertiary alicyclic amines) is 1. The molecule has 2 fully saturated rings. The minimum absolute atomic E-state index is 0.180. The van der Waals surface area contributed by atoms with Gasteiger partial charge in [-0.05, 0) is 37.1 Å². The van der Waals surface area contributed by atoms with Crippen molar-refractivity contribution in [3.8, 4) is 0 Å². The summed E-state index contributed by atoms with van der Waals surface area (Å²) in [6.45, 7) is 3.95. The van der Waals surface area contributed by atoms with E-state index in [-0.39, 0.29) is 31.4 Å². The van der Waals surface area contributed by atoms with Gasteiger partial charge < -0.3 is 4.74 Å². The average molecular weight is 441 g/mol. The summed E-state index contributed by atoms with van der Waals surface area (Å²) in [6, 6.07) is 16.1. The molecule has 2 aliphatic heterocycles. The van der Waals surface area contributed by atoms with Crippen LogP contribution >= 0.6 is 11.6 Å². The van der Waals surface area contributed by atoms with E-state index in [2.05, 4.69) is 5.32 Å². The Labute approximate surface area is 186 Å². The van der Waals surface area contributed by atoms with Crippen molar-refractivity contribution in [1.82, 2.24) is 10.2 Å². The van der Waals surface area contributed by atoms with Crippen molar-refractivity contribution in [3.05, 3.63) is 70.7 Å². The van der Waals surface area contributed by atoms with Crippen LogP contribution in [0.4, 0.5) is 0 Å². The summed E-state index contributed by atoms with van der Waals surface area (Å²) in [4.78, 5) is 41.4. The highest BCUT2D eigenvalue weighted by Crippen LogP contribution is 2.50. The molecule has 2 amide bonds. The maximum Gasteiger partial charge on any atom is 0.327 e. The van der Waals surface area contributed by atoms with E-state index in [9.17, 15) is 14.4 Å². The smallest absolute Gasteiger partial charge is 0.327 e. The molecule has 2 aromatic rings. The maximum atomic E-state index is 13.4. The second-order valence-corrected chi connectivity index (χ2v) is 8.39. The molecule has 1 N–H and O–H groups in total. The van der Waals surface area contributed by atoms with Crippen LogP contribution in [0.1, 0.15) is 31.0 Å². The van der Waals surface area contributed by atoms with Crippen LogP contribution in [0.25, 0.3) is 0 Å². The van der Waals surface area contributed by atoms with Crippen molar-refractivity contribution in [2.45, 2.75) is 31.8 Å². The van der Waals surface area contributed by atoms with Gasteiger partial charge in [0.15, 0.2) is 0 Å². The van der Waals surface area contributed by atoms with Gasteiger partial charge in [-0.15, -0.1) is 0 Å². The SMILES string of the molecule is CCOC(=O)[C@]1(Cc2ccccc2)N[C@@H](c2ccc(Cl)cc2)[C@H]2C(=O)N(CC)C(=O)[C@H]21. The molecule has 162 valence electrons. The topological polar surface area (TPSA) is 75.7 Å². The first kappa shape index (κ1) is 21.5. The summed E-state index contributed by atoms with van der Waals surface area (Å²) in [5.74, 6) is -2.64. The molecule has 0 radical (unpaired) electrons. The first-order chi connectivity index (χ1) is 14.9. The third-order valence-corrected chi connectivity index (χ3v) is 6.51. The lowest BCUT2D eigenvalue weighted by Crippen LogP contribution is -2.58. The quantitative estimate of drug-likeness (QED) is 0.551. The second kappa shape index (κ2) is 8.44. The van der Waals surface area contributed by atoms with E-state index in [4.69, 9.17) is 16.3 Å². The molecule has 4 atom stereocenters. The number of esters is 1. The molecule has 4 rings (SSSR count). The predicted molar refractivity (Wildman–Crippen MR) is 116 cm³/mol. The Kier molecular flexibility index (Phi) is 5.86. The zero-order chi connectivity index (χ0) is 22.2. The lowest BCUT2D eigenvalue weighted by atomic mass is 9.76. The molecule has 0 unspecified atom stereocenters. The number of rotatable bonds is 6. The van der Waals surface area contributed by atoms with E-state index in [0.29, 0.717) is 5.02 Å². The van der Waals surface area contributed by atoms with Crippen molar-refractivity contribution in [2.24, 2.45) is 11.8 Å². The van der Waals surface area contributed by atoms with E-state index < -0.39 is 29.4 Å². The molecule has 0 aliphatic carbocycles. The molecule has 2 aliphatic rings. The van der Waals surface area contributed by atoms with E-state index in [1.807, 2.05) is 42.5 Å². The van der Waals surface area contributed by atoms with Gasteiger partial charge in [-0.3, -0.25) is 24.6 Å². The first-order valence-corrected chi connectivity index (χ1v) is 10.9. The van der Waals surface area contributed by atoms with Crippen LogP contribution in [0.15, 0.2) is 54.6 Å². The summed E-state index contributed by atoms with van der Waals surface area (Å²) in [5, 5.41) is 3.97. The van der Waals surface area contributed by atoms with Crippen LogP contribution in [-0.2, 0) is 25.5 Å². The minimum Gasteiger partial charge on any atom is -0.465 e. The van der Waals surface area contributed by atoms with Gasteiger partial charge in [-0.1, -0.05) is 54.1 Å². The monoisotopic (exact) mass is 440 g/mol. The lowest BCUT2D eigenvalue weighted by molar-refractivity contribution is -0.156. The number of nitrogens with one attached hydrogen (secondary N) is 1. The summed E-state index contributed by atoms with van der Waals surface area (Å²) >= 11 is 6.06. The highest BCUT2D eigenvalue weighted by molar-refractivity contribution is 6.30. The molecule has 2 aromatic carbocycles. The molecule has 0 saturated carbocycles. The Hall–Kier alpha value is -2.70. The molecule has 31 heavy (non-hydrogen) atoms. The Morgan fingerprint density at radius 1 is 1.06 bits per heavy atom. The van der Waals surface area contributed by atoms with Gasteiger partial charge in [0.05, 0.1) is 18.4 Å². The van der Waals surface area contributed by atoms with E-state index in [0.717, 1.165) is 11.1 Å². The van der Waals surface area contributed by atoms with Gasteiger partial charge in [-0.2, -0.15) is 0 Å². The molecule has 7 heteroatoms. The largest absolute Gasteiger partial charge is 0.465 e. The Morgan fingerprint density at radius 3 is 2.35 bits per heavy atom. The summed E-state index contributed by atoms with van der Waals surface area (Å²) in [7, 11) is 0. The van der Waals surface area contributed by atoms with E-state index in [1.54, 1.807) is 26.0 Å². The fourth-order valence-corrected chi connectivity index (χ4v) is 5.06. The standard InChI is InChI=1S/C24H25ClN2O4/c1-3-27-21(28)18-19(22(27)29)24(23(30)31-4-2,14-15-8-6-5-7-9-15)26-20(18)16-10-12-17(25)13-11-16/h5-13,18-20,26H,3-4,14H2,1-2H3/t18-,19-,20-,24+/m0/s1. The van der Waals surface area contributed by atoms with Crippen LogP contribution in [0, 0.1) is 11.8 Å². The summed E-state index contributed by atoms with van der Waals surface area (Å²) < 4.78 is 5.46. The van der Waals surface area contributed by atoms with Crippen molar-refractivity contribution in [1.29, 1.82) is 0 Å². The van der Waals surface area contributed by atoms with Gasteiger partial charge in [0.25, 0.3) is 0 Å². The fraction of sp³-hybridized carbons (Fsp3) is 0.375. The van der Waals surface area contributed by atoms with Crippen LogP contribution < -0.4 is 5.32 Å². The molecular formula is C24H25ClN2O4. The molecule has 0 aromatic heterocycles. The minimum atomic E-state index is -1.34. The highest BCUT2D eigenvalue weighted by Gasteiger charge is 2.68. The zero-order valence-corrected chi connectivity index (χ0v) is 18.3. The molecule has 6 nitrogen and oxygen atoms in total. The van der Waals surface area contributed by atoms with Crippen molar-refractivity contribution in [3.63, 3.8) is 0 Å². The van der Waals surface area contributed by atoms with Crippen LogP contribution in [0.2, 0.25) is 5.02 Å². The fourth-order valence-electron chi connectivity index (χ4n) is 4.93. The summed E-state index contributed by atoms with van der Waals surface area (Å²) in [6.07, 6.45) is 0.245. The van der Waals surface area contributed by atoms with Crippen molar-refractivity contribution in [2.75, 3.05) is 13.2 Å². The number of nitrogens with zero attached hydrogens (tertiary/aromatic N) is 1.